The van der Waals surface area contributed by atoms with Crippen LogP contribution in [0.25, 0.3) is 0 Å². The Morgan fingerprint density at radius 1 is 1.10 bits per heavy atom. The second kappa shape index (κ2) is 6.26. The summed E-state index contributed by atoms with van der Waals surface area (Å²) in [5.41, 5.74) is 1.91. The van der Waals surface area contributed by atoms with Crippen LogP contribution in [0.2, 0.25) is 10.0 Å². The van der Waals surface area contributed by atoms with Crippen LogP contribution in [0, 0.1) is 11.6 Å². The number of hydrogen-bond acceptors (Lipinski definition) is 3. The van der Waals surface area contributed by atoms with Crippen LogP contribution >= 0.6 is 23.2 Å². The Hall–Kier alpha value is -1.89. The number of nitrogens with one attached hydrogen (secondary N) is 2. The van der Waals surface area contributed by atoms with Gasteiger partial charge in [0.05, 0.1) is 27.0 Å². The monoisotopic (exact) mass is 331 g/mol. The summed E-state index contributed by atoms with van der Waals surface area (Å²) >= 11 is 11.6. The third-order valence-electron chi connectivity index (χ3n) is 2.65. The van der Waals surface area contributed by atoms with Crippen LogP contribution in [-0.4, -0.2) is 5.91 Å². The third-order valence-corrected chi connectivity index (χ3v) is 3.24. The van der Waals surface area contributed by atoms with Gasteiger partial charge in [-0.05, 0) is 24.3 Å². The second-order valence-electron chi connectivity index (χ2n) is 4.01. The molecule has 4 N–H and O–H groups in total. The van der Waals surface area contributed by atoms with Crippen molar-refractivity contribution in [2.24, 2.45) is 5.84 Å². The number of halogens is 4. The molecule has 0 aliphatic carbocycles. The van der Waals surface area contributed by atoms with Crippen LogP contribution in [0.15, 0.2) is 30.3 Å². The maximum atomic E-state index is 13.5. The highest BCUT2D eigenvalue weighted by molar-refractivity contribution is 6.40. The molecule has 0 heterocycles. The Kier molecular flexibility index (Phi) is 4.62. The summed E-state index contributed by atoms with van der Waals surface area (Å²) in [4.78, 5) is 12.2. The molecule has 0 bridgehead atoms. The van der Waals surface area contributed by atoms with Crippen LogP contribution in [-0.2, 0) is 0 Å². The Balaban J connectivity index is 2.38. The number of rotatable bonds is 3. The first kappa shape index (κ1) is 15.5. The number of amides is 1. The van der Waals surface area contributed by atoms with E-state index in [0.29, 0.717) is 0 Å². The fraction of sp³-hybridized carbons (Fsp3) is 0. The largest absolute Gasteiger partial charge is 0.321 e. The van der Waals surface area contributed by atoms with Gasteiger partial charge >= 0.3 is 0 Å². The number of para-hydroxylation sites is 1. The molecular weight excluding hydrogens is 323 g/mol. The zero-order chi connectivity index (χ0) is 15.6. The highest BCUT2D eigenvalue weighted by Gasteiger charge is 2.17. The molecule has 2 aromatic rings. The Labute approximate surface area is 128 Å². The van der Waals surface area contributed by atoms with Gasteiger partial charge in [0.2, 0.25) is 0 Å². The van der Waals surface area contributed by atoms with E-state index in [9.17, 15) is 13.6 Å². The Morgan fingerprint density at radius 2 is 1.71 bits per heavy atom. The fourth-order valence-corrected chi connectivity index (χ4v) is 2.26. The third kappa shape index (κ3) is 3.24. The van der Waals surface area contributed by atoms with Gasteiger partial charge in [-0.25, -0.2) is 8.78 Å². The van der Waals surface area contributed by atoms with Crippen LogP contribution in [0.1, 0.15) is 10.4 Å². The number of hydrazine groups is 1. The van der Waals surface area contributed by atoms with E-state index < -0.39 is 17.5 Å². The summed E-state index contributed by atoms with van der Waals surface area (Å²) < 4.78 is 26.6. The molecule has 2 aromatic carbocycles. The maximum Gasteiger partial charge on any atom is 0.258 e. The standard InChI is InChI=1S/C13H9Cl2F2N3O/c14-8-4-6(16)5-9(15)12(8)19-13(21)7-2-1-3-10(17)11(7)20-18/h1-5,20H,18H2,(H,19,21). The van der Waals surface area contributed by atoms with Gasteiger partial charge in [-0.1, -0.05) is 29.3 Å². The molecule has 0 spiro atoms. The molecule has 0 fully saturated rings. The molecule has 21 heavy (non-hydrogen) atoms. The minimum atomic E-state index is -0.696. The first-order valence-corrected chi connectivity index (χ1v) is 6.40. The summed E-state index contributed by atoms with van der Waals surface area (Å²) in [5.74, 6) is 3.16. The molecule has 0 atom stereocenters. The molecule has 8 heteroatoms. The van der Waals surface area contributed by atoms with Crippen molar-refractivity contribution < 1.29 is 13.6 Å². The van der Waals surface area contributed by atoms with Crippen molar-refractivity contribution in [2.75, 3.05) is 10.7 Å². The lowest BCUT2D eigenvalue weighted by Gasteiger charge is -2.12. The van der Waals surface area contributed by atoms with E-state index in [-0.39, 0.29) is 27.0 Å². The smallest absolute Gasteiger partial charge is 0.258 e. The van der Waals surface area contributed by atoms with Gasteiger partial charge in [-0.2, -0.15) is 0 Å². The Bertz CT molecular complexity index is 687. The van der Waals surface area contributed by atoms with E-state index in [1.807, 2.05) is 0 Å². The first-order valence-electron chi connectivity index (χ1n) is 5.65. The van der Waals surface area contributed by atoms with Crippen molar-refractivity contribution in [3.63, 3.8) is 0 Å². The lowest BCUT2D eigenvalue weighted by Crippen LogP contribution is -2.18. The minimum absolute atomic E-state index is 0.0250. The van der Waals surface area contributed by atoms with Crippen molar-refractivity contribution in [1.82, 2.24) is 0 Å². The zero-order valence-corrected chi connectivity index (χ0v) is 11.9. The van der Waals surface area contributed by atoms with Crippen molar-refractivity contribution in [2.45, 2.75) is 0 Å². The molecule has 4 nitrogen and oxygen atoms in total. The van der Waals surface area contributed by atoms with Crippen LogP contribution in [0.4, 0.5) is 20.2 Å². The highest BCUT2D eigenvalue weighted by atomic mass is 35.5. The van der Waals surface area contributed by atoms with E-state index in [1.54, 1.807) is 0 Å². The van der Waals surface area contributed by atoms with Crippen LogP contribution in [0.3, 0.4) is 0 Å². The molecular formula is C13H9Cl2F2N3O. The van der Waals surface area contributed by atoms with Gasteiger partial charge in [0.15, 0.2) is 0 Å². The lowest BCUT2D eigenvalue weighted by atomic mass is 10.1. The van der Waals surface area contributed by atoms with Crippen LogP contribution < -0.4 is 16.6 Å². The summed E-state index contributed by atoms with van der Waals surface area (Å²) in [6, 6.07) is 5.84. The molecule has 0 aliphatic rings. The summed E-state index contributed by atoms with van der Waals surface area (Å²) in [6.07, 6.45) is 0. The zero-order valence-electron chi connectivity index (χ0n) is 10.4. The molecule has 0 saturated carbocycles. The van der Waals surface area contributed by atoms with Crippen molar-refractivity contribution in [3.8, 4) is 0 Å². The van der Waals surface area contributed by atoms with E-state index in [1.165, 1.54) is 12.1 Å². The second-order valence-corrected chi connectivity index (χ2v) is 4.82. The number of hydrogen-bond donors (Lipinski definition) is 3. The van der Waals surface area contributed by atoms with Crippen molar-refractivity contribution >= 4 is 40.5 Å². The summed E-state index contributed by atoms with van der Waals surface area (Å²) in [5, 5.41) is 2.24. The predicted molar refractivity (Wildman–Crippen MR) is 78.6 cm³/mol. The molecule has 0 aliphatic heterocycles. The average molecular weight is 332 g/mol. The van der Waals surface area contributed by atoms with Gasteiger partial charge in [0.25, 0.3) is 5.91 Å². The van der Waals surface area contributed by atoms with Gasteiger partial charge in [0.1, 0.15) is 11.6 Å². The van der Waals surface area contributed by atoms with E-state index in [4.69, 9.17) is 29.0 Å². The molecule has 0 radical (unpaired) electrons. The first-order chi connectivity index (χ1) is 9.93. The number of carbonyl (C=O) groups excluding carboxylic acids is 1. The van der Waals surface area contributed by atoms with E-state index in [0.717, 1.165) is 18.2 Å². The fourth-order valence-electron chi connectivity index (χ4n) is 1.70. The van der Waals surface area contributed by atoms with Gasteiger partial charge in [-0.3, -0.25) is 10.6 Å². The maximum absolute atomic E-state index is 13.5. The van der Waals surface area contributed by atoms with E-state index >= 15 is 0 Å². The average Bonchev–Trinajstić information content (AvgIpc) is 2.42. The molecule has 2 rings (SSSR count). The number of anilines is 2. The molecule has 1 amide bonds. The molecule has 0 saturated heterocycles. The molecule has 110 valence electrons. The quantitative estimate of drug-likeness (QED) is 0.591. The summed E-state index contributed by atoms with van der Waals surface area (Å²) in [7, 11) is 0. The number of nitrogens with two attached hydrogens (primary N) is 1. The van der Waals surface area contributed by atoms with E-state index in [2.05, 4.69) is 10.7 Å². The molecule has 0 aromatic heterocycles. The SMILES string of the molecule is NNc1c(F)cccc1C(=O)Nc1c(Cl)cc(F)cc1Cl. The Morgan fingerprint density at radius 3 is 2.29 bits per heavy atom. The lowest BCUT2D eigenvalue weighted by molar-refractivity contribution is 0.102. The van der Waals surface area contributed by atoms with Crippen LogP contribution in [0.5, 0.6) is 0 Å². The number of carbonyl (C=O) groups is 1. The van der Waals surface area contributed by atoms with Crippen molar-refractivity contribution in [3.05, 3.63) is 57.6 Å². The minimum Gasteiger partial charge on any atom is -0.321 e. The number of nitrogen functional groups attached to an aromatic ring is 1. The van der Waals surface area contributed by atoms with Gasteiger partial charge in [0, 0.05) is 0 Å². The predicted octanol–water partition coefficient (Wildman–Crippen LogP) is 3.81. The highest BCUT2D eigenvalue weighted by Crippen LogP contribution is 2.32. The van der Waals surface area contributed by atoms with Gasteiger partial charge in [-0.15, -0.1) is 0 Å². The topological polar surface area (TPSA) is 67.1 Å². The normalized spacial score (nSPS) is 10.3. The summed E-state index contributed by atoms with van der Waals surface area (Å²) in [6.45, 7) is 0. The molecule has 0 unspecified atom stereocenters. The van der Waals surface area contributed by atoms with Crippen molar-refractivity contribution in [1.29, 1.82) is 0 Å². The number of benzene rings is 2. The van der Waals surface area contributed by atoms with Gasteiger partial charge < -0.3 is 10.7 Å².